The summed E-state index contributed by atoms with van der Waals surface area (Å²) >= 11 is 0. The van der Waals surface area contributed by atoms with Crippen LogP contribution >= 0.6 is 0 Å². The second-order valence-electron chi connectivity index (χ2n) is 2.40. The Morgan fingerprint density at radius 1 is 1.55 bits per heavy atom. The van der Waals surface area contributed by atoms with Gasteiger partial charge in [0.1, 0.15) is 0 Å². The predicted octanol–water partition coefficient (Wildman–Crippen LogP) is 1.86. The first-order chi connectivity index (χ1) is 5.24. The lowest BCUT2D eigenvalue weighted by molar-refractivity contribution is 0.0988. The zero-order chi connectivity index (χ0) is 8.27. The molecule has 0 spiro atoms. The summed E-state index contributed by atoms with van der Waals surface area (Å²) in [6.07, 6.45) is 0.531. The number of Topliss-reactive ketones (excluding diaryl/α,β-unsaturated/α-hetero) is 1. The van der Waals surface area contributed by atoms with E-state index >= 15 is 0 Å². The number of carbonyl (C=O) groups is 1. The average Bonchev–Trinajstić information content (AvgIpc) is 2.03. The third-order valence-electron chi connectivity index (χ3n) is 1.53. The molecule has 2 nitrogen and oxygen atoms in total. The lowest BCUT2D eigenvalue weighted by atomic mass is 10.1. The van der Waals surface area contributed by atoms with E-state index in [1.807, 2.05) is 6.92 Å². The fraction of sp³-hybridized carbons (Fsp3) is 0.222. The van der Waals surface area contributed by atoms with Gasteiger partial charge < -0.3 is 5.73 Å². The summed E-state index contributed by atoms with van der Waals surface area (Å²) in [5.41, 5.74) is 6.84. The molecule has 0 amide bonds. The summed E-state index contributed by atoms with van der Waals surface area (Å²) in [5, 5.41) is 0. The molecule has 2 heteroatoms. The van der Waals surface area contributed by atoms with E-state index in [0.29, 0.717) is 17.7 Å². The molecule has 0 saturated carbocycles. The van der Waals surface area contributed by atoms with Gasteiger partial charge in [-0.1, -0.05) is 19.1 Å². The van der Waals surface area contributed by atoms with Gasteiger partial charge in [0.25, 0.3) is 0 Å². The highest BCUT2D eigenvalue weighted by molar-refractivity contribution is 5.96. The van der Waals surface area contributed by atoms with Crippen molar-refractivity contribution in [1.29, 1.82) is 0 Å². The molecule has 1 rings (SSSR count). The maximum Gasteiger partial charge on any atom is 0.162 e. The summed E-state index contributed by atoms with van der Waals surface area (Å²) in [7, 11) is 0. The fourth-order valence-corrected chi connectivity index (χ4v) is 0.916. The van der Waals surface area contributed by atoms with Crippen LogP contribution < -0.4 is 5.73 Å². The number of carbonyl (C=O) groups excluding carboxylic acids is 1. The first-order valence-corrected chi connectivity index (χ1v) is 3.62. The van der Waals surface area contributed by atoms with Crippen LogP contribution in [-0.4, -0.2) is 5.78 Å². The highest BCUT2D eigenvalue weighted by Crippen LogP contribution is 2.08. The van der Waals surface area contributed by atoms with E-state index in [0.717, 1.165) is 0 Å². The first-order valence-electron chi connectivity index (χ1n) is 3.62. The van der Waals surface area contributed by atoms with Crippen LogP contribution in [0, 0.1) is 0 Å². The molecule has 11 heavy (non-hydrogen) atoms. The van der Waals surface area contributed by atoms with E-state index in [-0.39, 0.29) is 5.78 Å². The number of anilines is 1. The van der Waals surface area contributed by atoms with E-state index in [1.165, 1.54) is 0 Å². The molecule has 0 aromatic heterocycles. The molecule has 0 bridgehead atoms. The molecule has 0 saturated heterocycles. The van der Waals surface area contributed by atoms with Crippen LogP contribution in [0.1, 0.15) is 23.7 Å². The van der Waals surface area contributed by atoms with Crippen LogP contribution in [0.25, 0.3) is 0 Å². The molecule has 0 aliphatic heterocycles. The third-order valence-corrected chi connectivity index (χ3v) is 1.53. The van der Waals surface area contributed by atoms with E-state index < -0.39 is 0 Å². The number of hydrogen-bond acceptors (Lipinski definition) is 2. The second kappa shape index (κ2) is 3.19. The number of rotatable bonds is 2. The summed E-state index contributed by atoms with van der Waals surface area (Å²) in [5.74, 6) is 0.136. The minimum Gasteiger partial charge on any atom is -0.399 e. The van der Waals surface area contributed by atoms with Crippen LogP contribution in [-0.2, 0) is 0 Å². The SMILES string of the molecule is CCC(=O)c1cccc(N)c1. The molecule has 0 aliphatic carbocycles. The molecule has 0 fully saturated rings. The van der Waals surface area contributed by atoms with Gasteiger partial charge in [-0.05, 0) is 12.1 Å². The Bertz CT molecular complexity index is 268. The van der Waals surface area contributed by atoms with Gasteiger partial charge in [-0.2, -0.15) is 0 Å². The monoisotopic (exact) mass is 149 g/mol. The molecule has 1 aromatic rings. The maximum atomic E-state index is 11.1. The predicted molar refractivity (Wildman–Crippen MR) is 45.5 cm³/mol. The minimum atomic E-state index is 0.136. The van der Waals surface area contributed by atoms with Gasteiger partial charge in [0, 0.05) is 17.7 Å². The van der Waals surface area contributed by atoms with Crippen molar-refractivity contribution in [2.75, 3.05) is 5.73 Å². The van der Waals surface area contributed by atoms with E-state index in [4.69, 9.17) is 5.73 Å². The fourth-order valence-electron chi connectivity index (χ4n) is 0.916. The number of nitrogen functional groups attached to an aromatic ring is 1. The standard InChI is InChI=1S/C9H11NO/c1-2-9(11)7-4-3-5-8(10)6-7/h3-6H,2,10H2,1H3. The van der Waals surface area contributed by atoms with Crippen molar-refractivity contribution in [2.24, 2.45) is 0 Å². The van der Waals surface area contributed by atoms with Crippen LogP contribution in [0.15, 0.2) is 24.3 Å². The van der Waals surface area contributed by atoms with Gasteiger partial charge in [-0.3, -0.25) is 4.79 Å². The quantitative estimate of drug-likeness (QED) is 0.515. The van der Waals surface area contributed by atoms with Crippen molar-refractivity contribution in [1.82, 2.24) is 0 Å². The zero-order valence-corrected chi connectivity index (χ0v) is 6.50. The summed E-state index contributed by atoms with van der Waals surface area (Å²) in [4.78, 5) is 11.1. The van der Waals surface area contributed by atoms with Crippen molar-refractivity contribution in [3.63, 3.8) is 0 Å². The molecule has 1 aromatic carbocycles. The minimum absolute atomic E-state index is 0.136. The van der Waals surface area contributed by atoms with Crippen molar-refractivity contribution in [2.45, 2.75) is 13.3 Å². The van der Waals surface area contributed by atoms with Crippen LogP contribution in [0.3, 0.4) is 0 Å². The molecule has 0 atom stereocenters. The third kappa shape index (κ3) is 1.80. The molecule has 2 N–H and O–H groups in total. The Morgan fingerprint density at radius 3 is 2.82 bits per heavy atom. The van der Waals surface area contributed by atoms with Crippen LogP contribution in [0.2, 0.25) is 0 Å². The molecular weight excluding hydrogens is 138 g/mol. The lowest BCUT2D eigenvalue weighted by Gasteiger charge is -1.97. The Balaban J connectivity index is 2.96. The van der Waals surface area contributed by atoms with E-state index in [2.05, 4.69) is 0 Å². The summed E-state index contributed by atoms with van der Waals surface area (Å²) in [6, 6.07) is 7.04. The van der Waals surface area contributed by atoms with Gasteiger partial charge >= 0.3 is 0 Å². The number of ketones is 1. The Kier molecular flexibility index (Phi) is 2.26. The smallest absolute Gasteiger partial charge is 0.162 e. The van der Waals surface area contributed by atoms with E-state index in [9.17, 15) is 4.79 Å². The molecular formula is C9H11NO. The Hall–Kier alpha value is -1.31. The van der Waals surface area contributed by atoms with Crippen molar-refractivity contribution in [3.05, 3.63) is 29.8 Å². The second-order valence-corrected chi connectivity index (χ2v) is 2.40. The topological polar surface area (TPSA) is 43.1 Å². The van der Waals surface area contributed by atoms with Crippen LogP contribution in [0.4, 0.5) is 5.69 Å². The zero-order valence-electron chi connectivity index (χ0n) is 6.50. The Labute approximate surface area is 66.0 Å². The average molecular weight is 149 g/mol. The largest absolute Gasteiger partial charge is 0.399 e. The summed E-state index contributed by atoms with van der Waals surface area (Å²) in [6.45, 7) is 1.84. The first kappa shape index (κ1) is 7.79. The highest BCUT2D eigenvalue weighted by atomic mass is 16.1. The maximum absolute atomic E-state index is 11.1. The van der Waals surface area contributed by atoms with Gasteiger partial charge in [0.15, 0.2) is 5.78 Å². The Morgan fingerprint density at radius 2 is 2.27 bits per heavy atom. The van der Waals surface area contributed by atoms with Crippen molar-refractivity contribution >= 4 is 11.5 Å². The van der Waals surface area contributed by atoms with Gasteiger partial charge in [0.2, 0.25) is 0 Å². The van der Waals surface area contributed by atoms with Gasteiger partial charge in [0.05, 0.1) is 0 Å². The molecule has 0 heterocycles. The number of nitrogens with two attached hydrogens (primary N) is 1. The normalized spacial score (nSPS) is 9.55. The van der Waals surface area contributed by atoms with Crippen molar-refractivity contribution < 1.29 is 4.79 Å². The van der Waals surface area contributed by atoms with Crippen LogP contribution in [0.5, 0.6) is 0 Å². The number of hydrogen-bond donors (Lipinski definition) is 1. The van der Waals surface area contributed by atoms with Gasteiger partial charge in [-0.15, -0.1) is 0 Å². The summed E-state index contributed by atoms with van der Waals surface area (Å²) < 4.78 is 0. The van der Waals surface area contributed by atoms with E-state index in [1.54, 1.807) is 24.3 Å². The molecule has 58 valence electrons. The molecule has 0 unspecified atom stereocenters. The number of benzene rings is 1. The lowest BCUT2D eigenvalue weighted by Crippen LogP contribution is -1.97. The molecule has 0 aliphatic rings. The highest BCUT2D eigenvalue weighted by Gasteiger charge is 2.00. The van der Waals surface area contributed by atoms with Crippen molar-refractivity contribution in [3.8, 4) is 0 Å². The molecule has 0 radical (unpaired) electrons. The van der Waals surface area contributed by atoms with Gasteiger partial charge in [-0.25, -0.2) is 0 Å².